The first kappa shape index (κ1) is 22.4. The summed E-state index contributed by atoms with van der Waals surface area (Å²) in [4.78, 5) is 0.0650. The minimum Gasteiger partial charge on any atom is -0.497 e. The molecule has 0 fully saturated rings. The molecule has 0 unspecified atom stereocenters. The van der Waals surface area contributed by atoms with Crippen LogP contribution in [0.3, 0.4) is 0 Å². The Bertz CT molecular complexity index is 1270. The summed E-state index contributed by atoms with van der Waals surface area (Å²) in [7, 11) is -4.66. The molecular weight excluding hydrogens is 440 g/mol. The van der Waals surface area contributed by atoms with Crippen molar-refractivity contribution in [3.8, 4) is 11.5 Å². The van der Waals surface area contributed by atoms with Gasteiger partial charge in [-0.15, -0.1) is 0 Å². The standard InChI is InChI=1S/C21H22N2O6S2/c1-15-14-20(12-13-21(15)29-3)31(26,27)23-17-6-10-19(11-7-17)30(24,25)22-16-4-8-18(28-2)9-5-16/h4-14,22-23H,1-3H3. The number of hydrogen-bond acceptors (Lipinski definition) is 6. The summed E-state index contributed by atoms with van der Waals surface area (Å²) < 4.78 is 65.5. The number of anilines is 2. The van der Waals surface area contributed by atoms with E-state index in [-0.39, 0.29) is 15.5 Å². The van der Waals surface area contributed by atoms with E-state index in [9.17, 15) is 16.8 Å². The van der Waals surface area contributed by atoms with E-state index in [1.54, 1.807) is 37.3 Å². The Labute approximate surface area is 181 Å². The number of methoxy groups -OCH3 is 2. The number of aryl methyl sites for hydroxylation is 1. The fraction of sp³-hybridized carbons (Fsp3) is 0.143. The van der Waals surface area contributed by atoms with Gasteiger partial charge in [-0.3, -0.25) is 9.44 Å². The number of nitrogens with one attached hydrogen (secondary N) is 2. The highest BCUT2D eigenvalue weighted by atomic mass is 32.2. The molecule has 31 heavy (non-hydrogen) atoms. The second kappa shape index (κ2) is 8.86. The lowest BCUT2D eigenvalue weighted by molar-refractivity contribution is 0.411. The van der Waals surface area contributed by atoms with Crippen LogP contribution in [0.5, 0.6) is 11.5 Å². The van der Waals surface area contributed by atoms with Crippen LogP contribution in [-0.2, 0) is 20.0 Å². The topological polar surface area (TPSA) is 111 Å². The molecule has 0 aromatic heterocycles. The zero-order chi connectivity index (χ0) is 22.6. The lowest BCUT2D eigenvalue weighted by Gasteiger charge is -2.12. The average Bonchev–Trinajstić information content (AvgIpc) is 2.74. The summed E-state index contributed by atoms with van der Waals surface area (Å²) in [5.41, 5.74) is 1.29. The van der Waals surface area contributed by atoms with Crippen molar-refractivity contribution in [2.75, 3.05) is 23.7 Å². The number of benzene rings is 3. The molecule has 0 aliphatic rings. The van der Waals surface area contributed by atoms with E-state index in [1.165, 1.54) is 50.6 Å². The molecule has 0 saturated carbocycles. The number of rotatable bonds is 8. The van der Waals surface area contributed by atoms with Crippen molar-refractivity contribution in [3.05, 3.63) is 72.3 Å². The maximum Gasteiger partial charge on any atom is 0.261 e. The van der Waals surface area contributed by atoms with Gasteiger partial charge in [-0.25, -0.2) is 16.8 Å². The Kier molecular flexibility index (Phi) is 6.42. The average molecular weight is 463 g/mol. The summed E-state index contributed by atoms with van der Waals surface area (Å²) in [6.07, 6.45) is 0. The summed E-state index contributed by atoms with van der Waals surface area (Å²) >= 11 is 0. The van der Waals surface area contributed by atoms with E-state index in [4.69, 9.17) is 9.47 Å². The lowest BCUT2D eigenvalue weighted by Crippen LogP contribution is -2.14. The smallest absolute Gasteiger partial charge is 0.261 e. The van der Waals surface area contributed by atoms with E-state index in [0.29, 0.717) is 22.7 Å². The van der Waals surface area contributed by atoms with Crippen LogP contribution in [0.2, 0.25) is 0 Å². The van der Waals surface area contributed by atoms with Gasteiger partial charge in [-0.2, -0.15) is 0 Å². The number of ether oxygens (including phenoxy) is 2. The van der Waals surface area contributed by atoms with Crippen molar-refractivity contribution in [1.82, 2.24) is 0 Å². The molecule has 2 N–H and O–H groups in total. The molecule has 0 atom stereocenters. The minimum atomic E-state index is -3.85. The molecule has 0 amide bonds. The minimum absolute atomic E-state index is 0.00782. The van der Waals surface area contributed by atoms with Gasteiger partial charge in [0.25, 0.3) is 20.0 Å². The Balaban J connectivity index is 1.76. The normalized spacial score (nSPS) is 11.6. The molecule has 3 rings (SSSR count). The van der Waals surface area contributed by atoms with Crippen molar-refractivity contribution in [2.24, 2.45) is 0 Å². The van der Waals surface area contributed by atoms with Gasteiger partial charge in [-0.1, -0.05) is 0 Å². The van der Waals surface area contributed by atoms with Crippen LogP contribution in [0.15, 0.2) is 76.5 Å². The van der Waals surface area contributed by atoms with Crippen LogP contribution in [0.1, 0.15) is 5.56 Å². The maximum atomic E-state index is 12.6. The maximum absolute atomic E-state index is 12.6. The Morgan fingerprint density at radius 2 is 1.13 bits per heavy atom. The van der Waals surface area contributed by atoms with E-state index < -0.39 is 20.0 Å². The molecule has 0 spiro atoms. The van der Waals surface area contributed by atoms with Crippen molar-refractivity contribution in [3.63, 3.8) is 0 Å². The third-order valence-corrected chi connectivity index (χ3v) is 7.21. The Morgan fingerprint density at radius 3 is 1.61 bits per heavy atom. The molecule has 0 saturated heterocycles. The molecular formula is C21H22N2O6S2. The fourth-order valence-electron chi connectivity index (χ4n) is 2.81. The second-order valence-electron chi connectivity index (χ2n) is 6.60. The van der Waals surface area contributed by atoms with Crippen molar-refractivity contribution in [2.45, 2.75) is 16.7 Å². The second-order valence-corrected chi connectivity index (χ2v) is 9.96. The summed E-state index contributed by atoms with van der Waals surface area (Å²) in [5.74, 6) is 1.18. The molecule has 3 aromatic rings. The van der Waals surface area contributed by atoms with Gasteiger partial charge in [0.15, 0.2) is 0 Å². The predicted molar refractivity (Wildman–Crippen MR) is 119 cm³/mol. The van der Waals surface area contributed by atoms with Crippen LogP contribution >= 0.6 is 0 Å². The molecule has 0 aliphatic carbocycles. The fourth-order valence-corrected chi connectivity index (χ4v) is 5.01. The van der Waals surface area contributed by atoms with Crippen molar-refractivity contribution < 1.29 is 26.3 Å². The molecule has 10 heteroatoms. The zero-order valence-corrected chi connectivity index (χ0v) is 18.7. The number of hydrogen-bond donors (Lipinski definition) is 2. The van der Waals surface area contributed by atoms with E-state index >= 15 is 0 Å². The van der Waals surface area contributed by atoms with Gasteiger partial charge >= 0.3 is 0 Å². The third kappa shape index (κ3) is 5.28. The van der Waals surface area contributed by atoms with Gasteiger partial charge in [0.2, 0.25) is 0 Å². The van der Waals surface area contributed by atoms with Crippen LogP contribution < -0.4 is 18.9 Å². The highest BCUT2D eigenvalue weighted by Gasteiger charge is 2.18. The first-order valence-corrected chi connectivity index (χ1v) is 12.1. The molecule has 164 valence electrons. The Morgan fingerprint density at radius 1 is 0.645 bits per heavy atom. The highest BCUT2D eigenvalue weighted by Crippen LogP contribution is 2.24. The van der Waals surface area contributed by atoms with Crippen LogP contribution in [0.4, 0.5) is 11.4 Å². The lowest BCUT2D eigenvalue weighted by atomic mass is 10.2. The third-order valence-electron chi connectivity index (χ3n) is 4.44. The first-order valence-electron chi connectivity index (χ1n) is 9.09. The predicted octanol–water partition coefficient (Wildman–Crippen LogP) is 3.61. The highest BCUT2D eigenvalue weighted by molar-refractivity contribution is 7.93. The molecule has 0 heterocycles. The number of sulfonamides is 2. The van der Waals surface area contributed by atoms with Gasteiger partial charge in [0.05, 0.1) is 24.0 Å². The Hall–Kier alpha value is -3.24. The summed E-state index contributed by atoms with van der Waals surface area (Å²) in [5, 5.41) is 0. The van der Waals surface area contributed by atoms with E-state index in [0.717, 1.165) is 0 Å². The van der Waals surface area contributed by atoms with Crippen molar-refractivity contribution >= 4 is 31.4 Å². The zero-order valence-electron chi connectivity index (χ0n) is 17.1. The quantitative estimate of drug-likeness (QED) is 0.529. The molecule has 0 aliphatic heterocycles. The van der Waals surface area contributed by atoms with Gasteiger partial charge in [0.1, 0.15) is 11.5 Å². The van der Waals surface area contributed by atoms with Crippen LogP contribution in [0.25, 0.3) is 0 Å². The van der Waals surface area contributed by atoms with Crippen molar-refractivity contribution in [1.29, 1.82) is 0 Å². The molecule has 0 radical (unpaired) electrons. The first-order chi connectivity index (χ1) is 14.6. The molecule has 0 bridgehead atoms. The van der Waals surface area contributed by atoms with Gasteiger partial charge < -0.3 is 9.47 Å². The molecule has 3 aromatic carbocycles. The monoisotopic (exact) mass is 462 g/mol. The SMILES string of the molecule is COc1ccc(NS(=O)(=O)c2ccc(NS(=O)(=O)c3ccc(OC)c(C)c3)cc2)cc1. The van der Waals surface area contributed by atoms with Crippen LogP contribution in [-0.4, -0.2) is 31.1 Å². The van der Waals surface area contributed by atoms with Gasteiger partial charge in [-0.05, 0) is 79.2 Å². The van der Waals surface area contributed by atoms with Gasteiger partial charge in [0, 0.05) is 11.4 Å². The van der Waals surface area contributed by atoms with E-state index in [1.807, 2.05) is 0 Å². The van der Waals surface area contributed by atoms with E-state index in [2.05, 4.69) is 9.44 Å². The largest absolute Gasteiger partial charge is 0.497 e. The molecule has 8 nitrogen and oxygen atoms in total. The summed E-state index contributed by atoms with van der Waals surface area (Å²) in [6, 6.07) is 16.4. The van der Waals surface area contributed by atoms with Crippen LogP contribution in [0, 0.1) is 6.92 Å². The summed E-state index contributed by atoms with van der Waals surface area (Å²) in [6.45, 7) is 1.74.